The van der Waals surface area contributed by atoms with Gasteiger partial charge in [0.05, 0.1) is 29.2 Å². The van der Waals surface area contributed by atoms with Crippen molar-refractivity contribution in [1.29, 1.82) is 0 Å². The number of aryl methyl sites for hydroxylation is 1. The summed E-state index contributed by atoms with van der Waals surface area (Å²) in [7, 11) is 1.74. The smallest absolute Gasteiger partial charge is 0.262 e. The third-order valence-electron chi connectivity index (χ3n) is 4.70. The molecule has 1 aliphatic heterocycles. The van der Waals surface area contributed by atoms with E-state index in [0.29, 0.717) is 17.7 Å². The maximum Gasteiger partial charge on any atom is 0.262 e. The van der Waals surface area contributed by atoms with Crippen LogP contribution >= 0.6 is 0 Å². The van der Waals surface area contributed by atoms with Gasteiger partial charge >= 0.3 is 0 Å². The molecule has 1 unspecified atom stereocenters. The van der Waals surface area contributed by atoms with E-state index < -0.39 is 0 Å². The zero-order valence-corrected chi connectivity index (χ0v) is 15.1. The molecule has 1 aromatic carbocycles. The van der Waals surface area contributed by atoms with Crippen molar-refractivity contribution in [2.75, 3.05) is 13.1 Å². The highest BCUT2D eigenvalue weighted by molar-refractivity contribution is 5.80. The van der Waals surface area contributed by atoms with Gasteiger partial charge in [0.25, 0.3) is 5.56 Å². The molecule has 1 fully saturated rings. The van der Waals surface area contributed by atoms with Crippen LogP contribution in [0.25, 0.3) is 16.7 Å². The molecular weight excluding hydrogens is 318 g/mol. The Bertz CT molecular complexity index is 1000. The Morgan fingerprint density at radius 1 is 1.28 bits per heavy atom. The van der Waals surface area contributed by atoms with Crippen LogP contribution < -0.4 is 5.56 Å². The summed E-state index contributed by atoms with van der Waals surface area (Å²) in [6.45, 7) is 8.65. The van der Waals surface area contributed by atoms with E-state index in [9.17, 15) is 4.79 Å². The normalized spacial score (nSPS) is 21.2. The van der Waals surface area contributed by atoms with Crippen LogP contribution in [0, 0.1) is 0 Å². The first-order valence-corrected chi connectivity index (χ1v) is 8.58. The first-order chi connectivity index (χ1) is 11.9. The summed E-state index contributed by atoms with van der Waals surface area (Å²) >= 11 is 0. The lowest BCUT2D eigenvalue weighted by atomic mass is 10.1. The molecule has 7 nitrogen and oxygen atoms in total. The fourth-order valence-electron chi connectivity index (χ4n) is 3.90. The monoisotopic (exact) mass is 341 g/mol. The van der Waals surface area contributed by atoms with Crippen molar-refractivity contribution >= 4 is 16.7 Å². The highest BCUT2D eigenvalue weighted by atomic mass is 16.5. The lowest BCUT2D eigenvalue weighted by Gasteiger charge is -2.41. The molecule has 1 aliphatic rings. The van der Waals surface area contributed by atoms with Crippen molar-refractivity contribution in [2.24, 2.45) is 7.05 Å². The van der Waals surface area contributed by atoms with E-state index >= 15 is 0 Å². The van der Waals surface area contributed by atoms with E-state index in [4.69, 9.17) is 4.74 Å². The minimum atomic E-state index is -0.187. The van der Waals surface area contributed by atoms with Gasteiger partial charge in [-0.3, -0.25) is 18.7 Å². The van der Waals surface area contributed by atoms with Gasteiger partial charge < -0.3 is 4.74 Å². The fraction of sp³-hybridized carbons (Fsp3) is 0.500. The van der Waals surface area contributed by atoms with Crippen LogP contribution in [-0.2, 0) is 18.3 Å². The largest absolute Gasteiger partial charge is 0.370 e. The Hall–Kier alpha value is -2.25. The van der Waals surface area contributed by atoms with Crippen LogP contribution in [0.5, 0.6) is 0 Å². The average molecular weight is 341 g/mol. The third kappa shape index (κ3) is 2.73. The lowest BCUT2D eigenvalue weighted by molar-refractivity contribution is -0.131. The van der Waals surface area contributed by atoms with Gasteiger partial charge in [-0.25, -0.2) is 0 Å². The van der Waals surface area contributed by atoms with Gasteiger partial charge in [-0.05, 0) is 32.9 Å². The van der Waals surface area contributed by atoms with Crippen molar-refractivity contribution in [2.45, 2.75) is 39.0 Å². The molecule has 0 saturated carbocycles. The molecule has 2 aromatic heterocycles. The van der Waals surface area contributed by atoms with Crippen molar-refractivity contribution in [3.05, 3.63) is 40.4 Å². The first-order valence-electron chi connectivity index (χ1n) is 8.58. The molecule has 0 amide bonds. The van der Waals surface area contributed by atoms with E-state index in [1.165, 1.54) is 0 Å². The van der Waals surface area contributed by atoms with Crippen LogP contribution in [0.1, 0.15) is 26.6 Å². The molecule has 132 valence electrons. The maximum atomic E-state index is 12.5. The van der Waals surface area contributed by atoms with Gasteiger partial charge in [0, 0.05) is 20.1 Å². The summed E-state index contributed by atoms with van der Waals surface area (Å²) in [5.41, 5.74) is 0.608. The number of benzene rings is 1. The standard InChI is InChI=1S/C18H23N5O2/c1-12-9-22(11-18(2,3)25-12)10-15-19-20-17-21(4)16(24)13-7-5-6-8-14(13)23(15)17/h5-8,12H,9-11H2,1-4H3. The van der Waals surface area contributed by atoms with Gasteiger partial charge in [-0.1, -0.05) is 12.1 Å². The van der Waals surface area contributed by atoms with Crippen LogP contribution in [0.3, 0.4) is 0 Å². The lowest BCUT2D eigenvalue weighted by Crippen LogP contribution is -2.51. The number of ether oxygens (including phenoxy) is 1. The van der Waals surface area contributed by atoms with Gasteiger partial charge in [-0.15, -0.1) is 10.2 Å². The Morgan fingerprint density at radius 3 is 2.80 bits per heavy atom. The number of hydrogen-bond donors (Lipinski definition) is 0. The highest BCUT2D eigenvalue weighted by Crippen LogP contribution is 2.23. The topological polar surface area (TPSA) is 64.7 Å². The van der Waals surface area contributed by atoms with Crippen LogP contribution in [0.4, 0.5) is 0 Å². The summed E-state index contributed by atoms with van der Waals surface area (Å²) in [6.07, 6.45) is 0.170. The number of rotatable bonds is 2. The van der Waals surface area contributed by atoms with E-state index in [0.717, 1.165) is 24.4 Å². The first kappa shape index (κ1) is 16.2. The summed E-state index contributed by atoms with van der Waals surface area (Å²) in [5, 5.41) is 9.33. The van der Waals surface area contributed by atoms with E-state index in [1.54, 1.807) is 11.6 Å². The molecule has 0 radical (unpaired) electrons. The summed E-state index contributed by atoms with van der Waals surface area (Å²) in [5.74, 6) is 1.41. The number of para-hydroxylation sites is 1. The van der Waals surface area contributed by atoms with Gasteiger partial charge in [0.15, 0.2) is 5.82 Å². The van der Waals surface area contributed by atoms with Crippen LogP contribution in [0.15, 0.2) is 29.1 Å². The molecule has 0 bridgehead atoms. The van der Waals surface area contributed by atoms with Crippen molar-refractivity contribution in [1.82, 2.24) is 24.1 Å². The molecule has 0 aliphatic carbocycles. The molecule has 0 N–H and O–H groups in total. The van der Waals surface area contributed by atoms with E-state index in [1.807, 2.05) is 28.7 Å². The van der Waals surface area contributed by atoms with Crippen LogP contribution in [-0.4, -0.2) is 48.9 Å². The minimum Gasteiger partial charge on any atom is -0.370 e. The average Bonchev–Trinajstić information content (AvgIpc) is 2.94. The predicted octanol–water partition coefficient (Wildman–Crippen LogP) is 1.58. The maximum absolute atomic E-state index is 12.5. The SMILES string of the molecule is CC1CN(Cc2nnc3n(C)c(=O)c4ccccc4n23)CC(C)(C)O1. The molecule has 3 aromatic rings. The summed E-state index contributed by atoms with van der Waals surface area (Å²) in [6, 6.07) is 7.61. The fourth-order valence-corrected chi connectivity index (χ4v) is 3.90. The quantitative estimate of drug-likeness (QED) is 0.708. The number of aromatic nitrogens is 4. The molecule has 7 heteroatoms. The van der Waals surface area contributed by atoms with Gasteiger partial charge in [0.1, 0.15) is 0 Å². The number of nitrogens with zero attached hydrogens (tertiary/aromatic N) is 5. The van der Waals surface area contributed by atoms with E-state index in [-0.39, 0.29) is 17.3 Å². The molecule has 4 rings (SSSR count). The van der Waals surface area contributed by atoms with Crippen LogP contribution in [0.2, 0.25) is 0 Å². The molecule has 1 atom stereocenters. The van der Waals surface area contributed by atoms with Crippen molar-refractivity contribution in [3.8, 4) is 0 Å². The number of morpholine rings is 1. The molecule has 0 spiro atoms. The zero-order valence-electron chi connectivity index (χ0n) is 15.1. The summed E-state index contributed by atoms with van der Waals surface area (Å²) in [4.78, 5) is 14.9. The second-order valence-electron chi connectivity index (χ2n) is 7.49. The van der Waals surface area contributed by atoms with Gasteiger partial charge in [-0.2, -0.15) is 0 Å². The predicted molar refractivity (Wildman–Crippen MR) is 95.6 cm³/mol. The Balaban J connectivity index is 1.82. The number of fused-ring (bicyclic) bond motifs is 3. The molecule has 25 heavy (non-hydrogen) atoms. The second kappa shape index (κ2) is 5.64. The van der Waals surface area contributed by atoms with E-state index in [2.05, 4.69) is 35.9 Å². The Labute approximate surface area is 145 Å². The Morgan fingerprint density at radius 2 is 2.04 bits per heavy atom. The highest BCUT2D eigenvalue weighted by Gasteiger charge is 2.32. The van der Waals surface area contributed by atoms with Crippen molar-refractivity contribution < 1.29 is 4.74 Å². The molecule has 1 saturated heterocycles. The minimum absolute atomic E-state index is 0.0526. The van der Waals surface area contributed by atoms with Crippen molar-refractivity contribution in [3.63, 3.8) is 0 Å². The Kier molecular flexibility index (Phi) is 3.66. The second-order valence-corrected chi connectivity index (χ2v) is 7.49. The molecule has 3 heterocycles. The number of hydrogen-bond acceptors (Lipinski definition) is 5. The third-order valence-corrected chi connectivity index (χ3v) is 4.70. The summed E-state index contributed by atoms with van der Waals surface area (Å²) < 4.78 is 9.54. The zero-order chi connectivity index (χ0) is 17.8. The van der Waals surface area contributed by atoms with Gasteiger partial charge in [0.2, 0.25) is 5.78 Å². The molecular formula is C18H23N5O2.